The van der Waals surface area contributed by atoms with Crippen molar-refractivity contribution in [2.45, 2.75) is 97.3 Å². The van der Waals surface area contributed by atoms with Crippen LogP contribution in [0.3, 0.4) is 0 Å². The number of rotatable bonds is 16. The van der Waals surface area contributed by atoms with E-state index in [1.807, 2.05) is 24.3 Å². The van der Waals surface area contributed by atoms with Crippen molar-refractivity contribution in [1.29, 1.82) is 0 Å². The Kier molecular flexibility index (Phi) is 11.8. The summed E-state index contributed by atoms with van der Waals surface area (Å²) in [4.78, 5) is 0. The minimum absolute atomic E-state index is 0.114. The van der Waals surface area contributed by atoms with Gasteiger partial charge in [0.1, 0.15) is 5.75 Å². The van der Waals surface area contributed by atoms with Crippen LogP contribution >= 0.6 is 0 Å². The highest BCUT2D eigenvalue weighted by molar-refractivity contribution is 5.64. The molecule has 0 aliphatic rings. The molecule has 0 radical (unpaired) electrons. The lowest BCUT2D eigenvalue weighted by Gasteiger charge is -2.24. The summed E-state index contributed by atoms with van der Waals surface area (Å²) in [5.74, 6) is -2.57. The van der Waals surface area contributed by atoms with Gasteiger partial charge in [-0.15, -0.1) is 0 Å². The van der Waals surface area contributed by atoms with Crippen LogP contribution in [0.5, 0.6) is 5.75 Å². The number of hydrogen-bond donors (Lipinski definition) is 0. The Morgan fingerprint density at radius 2 is 1.19 bits per heavy atom. The van der Waals surface area contributed by atoms with Crippen molar-refractivity contribution < 1.29 is 13.5 Å². The largest absolute Gasteiger partial charge is 0.494 e. The van der Waals surface area contributed by atoms with Gasteiger partial charge in [-0.3, -0.25) is 0 Å². The van der Waals surface area contributed by atoms with Crippen LogP contribution in [0.15, 0.2) is 48.5 Å². The summed E-state index contributed by atoms with van der Waals surface area (Å²) in [5, 5.41) is 0. The van der Waals surface area contributed by atoms with Crippen LogP contribution < -0.4 is 4.74 Å². The molecule has 0 saturated carbocycles. The van der Waals surface area contributed by atoms with Crippen LogP contribution in [-0.4, -0.2) is 6.61 Å². The molecule has 0 spiro atoms. The van der Waals surface area contributed by atoms with Gasteiger partial charge in [0.25, 0.3) is 5.92 Å². The van der Waals surface area contributed by atoms with E-state index in [4.69, 9.17) is 4.74 Å². The fraction of sp³-hybridized carbons (Fsp3) is 0.586. The Hall–Kier alpha value is -1.90. The van der Waals surface area contributed by atoms with Crippen molar-refractivity contribution in [1.82, 2.24) is 0 Å². The number of alkyl halides is 2. The smallest absolute Gasteiger partial charge is 0.275 e. The molecule has 0 aliphatic heterocycles. The standard InChI is InChI=1S/C29H42F2O/c1-4-6-8-10-11-13-23-32-28-21-17-26(18-22-28)25-15-19-27(20-16-25)29(30,31)24(3)14-12-9-7-5-2/h15-22,24H,4-14,23H2,1-3H3/t24-/m1/s1. The van der Waals surface area contributed by atoms with E-state index in [-0.39, 0.29) is 5.56 Å². The lowest BCUT2D eigenvalue weighted by Crippen LogP contribution is -2.23. The van der Waals surface area contributed by atoms with E-state index in [0.29, 0.717) is 6.42 Å². The van der Waals surface area contributed by atoms with Gasteiger partial charge in [-0.25, -0.2) is 8.78 Å². The number of ether oxygens (including phenoxy) is 1. The van der Waals surface area contributed by atoms with E-state index < -0.39 is 11.8 Å². The summed E-state index contributed by atoms with van der Waals surface area (Å²) in [6.45, 7) is 6.78. The average Bonchev–Trinajstić information content (AvgIpc) is 2.81. The van der Waals surface area contributed by atoms with E-state index in [1.54, 1.807) is 31.2 Å². The maximum atomic E-state index is 14.9. The third-order valence-electron chi connectivity index (χ3n) is 6.33. The lowest BCUT2D eigenvalue weighted by molar-refractivity contribution is -0.0618. The van der Waals surface area contributed by atoms with E-state index in [0.717, 1.165) is 55.6 Å². The quantitative estimate of drug-likeness (QED) is 0.234. The molecule has 2 rings (SSSR count). The second-order valence-corrected chi connectivity index (χ2v) is 9.09. The minimum atomic E-state index is -2.79. The van der Waals surface area contributed by atoms with Gasteiger partial charge in [-0.1, -0.05) is 115 Å². The third kappa shape index (κ3) is 8.56. The molecule has 0 amide bonds. The third-order valence-corrected chi connectivity index (χ3v) is 6.33. The molecule has 3 heteroatoms. The Morgan fingerprint density at radius 3 is 1.78 bits per heavy atom. The second kappa shape index (κ2) is 14.3. The van der Waals surface area contributed by atoms with Crippen molar-refractivity contribution in [3.63, 3.8) is 0 Å². The van der Waals surface area contributed by atoms with Gasteiger partial charge in [-0.2, -0.15) is 0 Å². The fourth-order valence-electron chi connectivity index (χ4n) is 4.04. The second-order valence-electron chi connectivity index (χ2n) is 9.09. The zero-order valence-electron chi connectivity index (χ0n) is 20.3. The maximum Gasteiger partial charge on any atom is 0.275 e. The SMILES string of the molecule is CCCCCCCCOc1ccc(-c2ccc(C(F)(F)[C@H](C)CCCCCC)cc2)cc1. The number of halogens is 2. The van der Waals surface area contributed by atoms with Crippen LogP contribution in [0.25, 0.3) is 11.1 Å². The van der Waals surface area contributed by atoms with Crippen molar-refractivity contribution in [3.8, 4) is 16.9 Å². The van der Waals surface area contributed by atoms with Crippen LogP contribution in [-0.2, 0) is 5.92 Å². The molecular weight excluding hydrogens is 402 g/mol. The molecule has 1 nitrogen and oxygen atoms in total. The number of unbranched alkanes of at least 4 members (excludes halogenated alkanes) is 8. The molecule has 2 aromatic rings. The predicted octanol–water partition coefficient (Wildman–Crippen LogP) is 9.79. The maximum absolute atomic E-state index is 14.9. The van der Waals surface area contributed by atoms with Crippen molar-refractivity contribution in [3.05, 3.63) is 54.1 Å². The fourth-order valence-corrected chi connectivity index (χ4v) is 4.04. The van der Waals surface area contributed by atoms with Crippen LogP contribution in [0.2, 0.25) is 0 Å². The molecular formula is C29H42F2O. The monoisotopic (exact) mass is 444 g/mol. The summed E-state index contributed by atoms with van der Waals surface area (Å²) in [6, 6.07) is 14.7. The first kappa shape index (κ1) is 26.4. The predicted molar refractivity (Wildman–Crippen MR) is 133 cm³/mol. The zero-order chi connectivity index (χ0) is 23.2. The minimum Gasteiger partial charge on any atom is -0.494 e. The summed E-state index contributed by atoms with van der Waals surface area (Å²) < 4.78 is 35.6. The van der Waals surface area contributed by atoms with Crippen molar-refractivity contribution in [2.75, 3.05) is 6.61 Å². The van der Waals surface area contributed by atoms with Gasteiger partial charge < -0.3 is 4.74 Å². The first-order valence-electron chi connectivity index (χ1n) is 12.7. The van der Waals surface area contributed by atoms with E-state index in [1.165, 1.54) is 32.1 Å². The van der Waals surface area contributed by atoms with Gasteiger partial charge in [0.15, 0.2) is 0 Å². The first-order valence-corrected chi connectivity index (χ1v) is 12.7. The Bertz CT molecular complexity index is 737. The first-order chi connectivity index (χ1) is 15.5. The normalized spacial score (nSPS) is 12.7. The van der Waals surface area contributed by atoms with Crippen LogP contribution in [0, 0.1) is 5.92 Å². The van der Waals surface area contributed by atoms with Gasteiger partial charge in [0.2, 0.25) is 0 Å². The summed E-state index contributed by atoms with van der Waals surface area (Å²) in [6.07, 6.45) is 12.2. The van der Waals surface area contributed by atoms with Gasteiger partial charge in [0.05, 0.1) is 6.61 Å². The molecule has 0 aliphatic carbocycles. The molecule has 1 atom stereocenters. The number of benzene rings is 2. The highest BCUT2D eigenvalue weighted by atomic mass is 19.3. The highest BCUT2D eigenvalue weighted by Gasteiger charge is 2.37. The zero-order valence-corrected chi connectivity index (χ0v) is 20.3. The molecule has 0 heterocycles. The topological polar surface area (TPSA) is 9.23 Å². The molecule has 32 heavy (non-hydrogen) atoms. The number of hydrogen-bond acceptors (Lipinski definition) is 1. The molecule has 0 fully saturated rings. The van der Waals surface area contributed by atoms with Gasteiger partial charge in [0, 0.05) is 11.5 Å². The Labute approximate surface area is 194 Å². The molecule has 178 valence electrons. The van der Waals surface area contributed by atoms with Crippen LogP contribution in [0.4, 0.5) is 8.78 Å². The lowest BCUT2D eigenvalue weighted by atomic mass is 9.90. The average molecular weight is 445 g/mol. The van der Waals surface area contributed by atoms with Crippen LogP contribution in [0.1, 0.15) is 97.0 Å². The molecule has 0 saturated heterocycles. The molecule has 2 aromatic carbocycles. The highest BCUT2D eigenvalue weighted by Crippen LogP contribution is 2.39. The van der Waals surface area contributed by atoms with Crippen molar-refractivity contribution >= 4 is 0 Å². The summed E-state index contributed by atoms with van der Waals surface area (Å²) >= 11 is 0. The molecule has 0 N–H and O–H groups in total. The summed E-state index contributed by atoms with van der Waals surface area (Å²) in [7, 11) is 0. The van der Waals surface area contributed by atoms with Gasteiger partial charge >= 0.3 is 0 Å². The molecule has 0 unspecified atom stereocenters. The van der Waals surface area contributed by atoms with Gasteiger partial charge in [-0.05, 0) is 36.1 Å². The molecule has 0 aromatic heterocycles. The Balaban J connectivity index is 1.85. The van der Waals surface area contributed by atoms with Crippen molar-refractivity contribution in [2.24, 2.45) is 5.92 Å². The van der Waals surface area contributed by atoms with E-state index >= 15 is 0 Å². The van der Waals surface area contributed by atoms with E-state index in [9.17, 15) is 8.78 Å². The summed E-state index contributed by atoms with van der Waals surface area (Å²) in [5.41, 5.74) is 2.07. The molecule has 0 bridgehead atoms. The van der Waals surface area contributed by atoms with E-state index in [2.05, 4.69) is 13.8 Å². The Morgan fingerprint density at radius 1 is 0.688 bits per heavy atom.